The van der Waals surface area contributed by atoms with Crippen molar-refractivity contribution < 1.29 is 54.1 Å². The van der Waals surface area contributed by atoms with Crippen LogP contribution < -0.4 is 0 Å². The molecule has 7 aliphatic rings. The minimum atomic E-state index is -2.29. The van der Waals surface area contributed by atoms with Crippen molar-refractivity contribution >= 4 is 12.3 Å². The lowest BCUT2D eigenvalue weighted by Gasteiger charge is -2.65. The molecule has 4 aliphatic carbocycles. The van der Waals surface area contributed by atoms with Gasteiger partial charge in [0.1, 0.15) is 25.1 Å². The molecule has 3 heterocycles. The highest BCUT2D eigenvalue weighted by Gasteiger charge is 2.73. The molecule has 5 N–H and O–H groups in total. The number of hydrogen-bond donors (Lipinski definition) is 5. The van der Waals surface area contributed by atoms with E-state index in [1.165, 1.54) is 6.08 Å². The summed E-state index contributed by atoms with van der Waals surface area (Å²) in [6, 6.07) is 0. The SMILES string of the molecule is C[C@H]1O[C@H]2O[C@@H]3C[C@@H]4CC[C@@H]5[C@H](CC[C@]6(C)[C@@H](C7=CC(=O)OC7)C[C@@H](O)[C@]56O)[C@@]4(C=O)C[C@H]3O[C@@]2(O)[C@H](O)[C@@H]1O. The number of hydrogen-bond acceptors (Lipinski definition) is 11. The van der Waals surface area contributed by atoms with Crippen LogP contribution in [0.2, 0.25) is 0 Å². The standard InChI is InChI=1S/C29H40O11/c1-13-23(33)24(34)29(36)25(38-13)39-19-8-15-3-4-17-16(27(15,12-30)10-20(19)40-29)5-6-26(2)18(9-21(31)28(17,26)35)14-7-22(32)37-11-14/h7,12-13,15-21,23-25,31,33-36H,3-6,8-11H2,1-2H3/t13-,15+,16+,17-,18-,19-,20-,21-,23-,24-,25+,26-,27-,28-,29+/m1/s1. The number of carbonyl (C=O) groups is 2. The number of carbonyl (C=O) groups excluding carboxylic acids is 2. The number of aliphatic hydroxyl groups is 5. The van der Waals surface area contributed by atoms with Crippen molar-refractivity contribution in [1.82, 2.24) is 0 Å². The number of esters is 1. The van der Waals surface area contributed by atoms with Crippen LogP contribution in [0.4, 0.5) is 0 Å². The molecule has 40 heavy (non-hydrogen) atoms. The average molecular weight is 565 g/mol. The molecule has 0 amide bonds. The summed E-state index contributed by atoms with van der Waals surface area (Å²) < 4.78 is 23.1. The first-order chi connectivity index (χ1) is 18.9. The van der Waals surface area contributed by atoms with Gasteiger partial charge in [-0.05, 0) is 81.1 Å². The molecule has 0 aromatic carbocycles. The fourth-order valence-electron chi connectivity index (χ4n) is 10.2. The first-order valence-corrected chi connectivity index (χ1v) is 14.7. The van der Waals surface area contributed by atoms with E-state index < -0.39 is 71.1 Å². The van der Waals surface area contributed by atoms with E-state index in [0.717, 1.165) is 11.9 Å². The normalized spacial score (nSPS) is 58.9. The van der Waals surface area contributed by atoms with Gasteiger partial charge in [-0.25, -0.2) is 4.79 Å². The molecular formula is C29H40O11. The van der Waals surface area contributed by atoms with Crippen LogP contribution in [-0.2, 0) is 28.5 Å². The monoisotopic (exact) mass is 564 g/mol. The molecule has 4 saturated carbocycles. The molecule has 3 aliphatic heterocycles. The largest absolute Gasteiger partial charge is 0.458 e. The molecule has 0 aromatic rings. The molecule has 0 radical (unpaired) electrons. The highest BCUT2D eigenvalue weighted by Crippen LogP contribution is 2.70. The maximum absolute atomic E-state index is 13.2. The zero-order valence-corrected chi connectivity index (χ0v) is 22.8. The van der Waals surface area contributed by atoms with E-state index in [-0.39, 0.29) is 36.7 Å². The third kappa shape index (κ3) is 3.29. The van der Waals surface area contributed by atoms with Gasteiger partial charge in [0.25, 0.3) is 0 Å². The molecule has 6 fully saturated rings. The Morgan fingerprint density at radius 1 is 1.02 bits per heavy atom. The van der Waals surface area contributed by atoms with Gasteiger partial charge >= 0.3 is 5.97 Å². The maximum atomic E-state index is 13.2. The second kappa shape index (κ2) is 8.79. The Bertz CT molecular complexity index is 1130. The molecule has 2 saturated heterocycles. The van der Waals surface area contributed by atoms with Gasteiger partial charge in [0.05, 0.1) is 30.0 Å². The molecule has 0 unspecified atom stereocenters. The summed E-state index contributed by atoms with van der Waals surface area (Å²) in [6.07, 6.45) is -1.28. The summed E-state index contributed by atoms with van der Waals surface area (Å²) in [6.45, 7) is 3.75. The van der Waals surface area contributed by atoms with E-state index in [1.54, 1.807) is 6.92 Å². The molecule has 0 spiro atoms. The smallest absolute Gasteiger partial charge is 0.331 e. The van der Waals surface area contributed by atoms with Gasteiger partial charge in [-0.1, -0.05) is 6.92 Å². The Labute approximate surface area is 232 Å². The number of ether oxygens (including phenoxy) is 4. The van der Waals surface area contributed by atoms with Gasteiger partial charge in [-0.3, -0.25) is 0 Å². The lowest BCUT2D eigenvalue weighted by molar-refractivity contribution is -0.468. The van der Waals surface area contributed by atoms with Crippen LogP contribution >= 0.6 is 0 Å². The molecule has 11 nitrogen and oxygen atoms in total. The van der Waals surface area contributed by atoms with Gasteiger partial charge in [0.2, 0.25) is 12.1 Å². The van der Waals surface area contributed by atoms with E-state index in [2.05, 4.69) is 0 Å². The zero-order valence-electron chi connectivity index (χ0n) is 22.8. The Balaban J connectivity index is 1.20. The van der Waals surface area contributed by atoms with Crippen molar-refractivity contribution in [1.29, 1.82) is 0 Å². The fourth-order valence-corrected chi connectivity index (χ4v) is 10.2. The number of cyclic esters (lactones) is 1. The maximum Gasteiger partial charge on any atom is 0.331 e. The Morgan fingerprint density at radius 3 is 2.50 bits per heavy atom. The van der Waals surface area contributed by atoms with Crippen molar-refractivity contribution in [2.75, 3.05) is 6.61 Å². The summed E-state index contributed by atoms with van der Waals surface area (Å²) in [5.41, 5.74) is -2.22. The minimum Gasteiger partial charge on any atom is -0.458 e. The number of aliphatic hydroxyl groups excluding tert-OH is 3. The van der Waals surface area contributed by atoms with Crippen LogP contribution in [0.5, 0.6) is 0 Å². The lowest BCUT2D eigenvalue weighted by atomic mass is 9.42. The fraction of sp³-hybridized carbons (Fsp3) is 0.862. The molecule has 7 rings (SSSR count). The predicted octanol–water partition coefficient (Wildman–Crippen LogP) is -0.0577. The third-order valence-electron chi connectivity index (χ3n) is 12.3. The second-order valence-corrected chi connectivity index (χ2v) is 13.8. The van der Waals surface area contributed by atoms with Crippen molar-refractivity contribution in [3.8, 4) is 0 Å². The van der Waals surface area contributed by atoms with E-state index >= 15 is 0 Å². The molecule has 11 heteroatoms. The van der Waals surface area contributed by atoms with Gasteiger partial charge in [0.15, 0.2) is 0 Å². The van der Waals surface area contributed by atoms with Gasteiger partial charge in [-0.15, -0.1) is 0 Å². The quantitative estimate of drug-likeness (QED) is 0.173. The van der Waals surface area contributed by atoms with Gasteiger partial charge in [-0.2, -0.15) is 0 Å². The van der Waals surface area contributed by atoms with E-state index in [9.17, 15) is 35.1 Å². The van der Waals surface area contributed by atoms with E-state index in [0.29, 0.717) is 38.5 Å². The van der Waals surface area contributed by atoms with Crippen molar-refractivity contribution in [2.24, 2.45) is 34.5 Å². The highest BCUT2D eigenvalue weighted by molar-refractivity contribution is 5.85. The molecule has 15 atom stereocenters. The van der Waals surface area contributed by atoms with Crippen LogP contribution in [0.1, 0.15) is 58.8 Å². The number of fused-ring (bicyclic) bond motifs is 7. The van der Waals surface area contributed by atoms with Crippen molar-refractivity contribution in [2.45, 2.75) is 113 Å². The van der Waals surface area contributed by atoms with Crippen LogP contribution in [0.3, 0.4) is 0 Å². The van der Waals surface area contributed by atoms with Crippen LogP contribution in [0, 0.1) is 34.5 Å². The zero-order chi connectivity index (χ0) is 28.4. The van der Waals surface area contributed by atoms with E-state index in [4.69, 9.17) is 18.9 Å². The third-order valence-corrected chi connectivity index (χ3v) is 12.3. The summed E-state index contributed by atoms with van der Waals surface area (Å²) >= 11 is 0. The molecule has 0 aromatic heterocycles. The Kier molecular flexibility index (Phi) is 6.02. The second-order valence-electron chi connectivity index (χ2n) is 13.8. The minimum absolute atomic E-state index is 0.0512. The summed E-state index contributed by atoms with van der Waals surface area (Å²) in [4.78, 5) is 25.0. The number of aldehydes is 1. The van der Waals surface area contributed by atoms with Gasteiger partial charge < -0.3 is 49.3 Å². The predicted molar refractivity (Wildman–Crippen MR) is 134 cm³/mol. The summed E-state index contributed by atoms with van der Waals surface area (Å²) in [7, 11) is 0. The van der Waals surface area contributed by atoms with E-state index in [1.807, 2.05) is 6.92 Å². The van der Waals surface area contributed by atoms with Crippen LogP contribution in [0.25, 0.3) is 0 Å². The Morgan fingerprint density at radius 2 is 1.80 bits per heavy atom. The molecule has 222 valence electrons. The van der Waals surface area contributed by atoms with Crippen molar-refractivity contribution in [3.05, 3.63) is 11.6 Å². The highest BCUT2D eigenvalue weighted by atomic mass is 16.8. The summed E-state index contributed by atoms with van der Waals surface area (Å²) in [5.74, 6) is -3.53. The Hall–Kier alpha value is -1.44. The van der Waals surface area contributed by atoms with Crippen LogP contribution in [-0.4, -0.2) is 98.7 Å². The topological polar surface area (TPSA) is 172 Å². The van der Waals surface area contributed by atoms with Crippen LogP contribution in [0.15, 0.2) is 11.6 Å². The average Bonchev–Trinajstić information content (AvgIpc) is 3.44. The first-order valence-electron chi connectivity index (χ1n) is 14.7. The van der Waals surface area contributed by atoms with Crippen molar-refractivity contribution in [3.63, 3.8) is 0 Å². The number of rotatable bonds is 2. The first kappa shape index (κ1) is 27.4. The lowest BCUT2D eigenvalue weighted by Crippen LogP contribution is -2.74. The van der Waals surface area contributed by atoms with Gasteiger partial charge in [0, 0.05) is 16.9 Å². The summed E-state index contributed by atoms with van der Waals surface area (Å²) in [5, 5.41) is 56.2. The molecular weight excluding hydrogens is 524 g/mol. The molecule has 0 bridgehead atoms.